The molecule has 1 aromatic heterocycles. The van der Waals surface area contributed by atoms with Crippen LogP contribution in [0, 0.1) is 5.92 Å². The molecule has 2 amide bonds. The second-order valence-corrected chi connectivity index (χ2v) is 8.40. The third kappa shape index (κ3) is 4.01. The molecule has 2 heterocycles. The van der Waals surface area contributed by atoms with E-state index in [4.69, 9.17) is 11.6 Å². The minimum atomic E-state index is 0.0711. The number of nitrogens with zero attached hydrogens (tertiary/aromatic N) is 3. The SMILES string of the molecule is O=C(Cc1csc(-c2ccccc2Cl)n1)N1CCN(C(=O)C2CCC2)CC1. The molecule has 0 unspecified atom stereocenters. The quantitative estimate of drug-likeness (QED) is 0.785. The zero-order valence-electron chi connectivity index (χ0n) is 15.1. The average Bonchev–Trinajstić information content (AvgIpc) is 3.09. The molecule has 4 rings (SSSR count). The van der Waals surface area contributed by atoms with Crippen molar-refractivity contribution in [1.29, 1.82) is 0 Å². The molecule has 0 bridgehead atoms. The number of amides is 2. The normalized spacial score (nSPS) is 17.7. The lowest BCUT2D eigenvalue weighted by Gasteiger charge is -2.38. The van der Waals surface area contributed by atoms with Crippen LogP contribution >= 0.6 is 22.9 Å². The van der Waals surface area contributed by atoms with Gasteiger partial charge in [-0.25, -0.2) is 4.98 Å². The Morgan fingerprint density at radius 1 is 1.11 bits per heavy atom. The van der Waals surface area contributed by atoms with Crippen molar-refractivity contribution in [3.63, 3.8) is 0 Å². The smallest absolute Gasteiger partial charge is 0.228 e. The van der Waals surface area contributed by atoms with Gasteiger partial charge in [-0.2, -0.15) is 0 Å². The van der Waals surface area contributed by atoms with Crippen molar-refractivity contribution in [2.45, 2.75) is 25.7 Å². The Labute approximate surface area is 167 Å². The molecule has 142 valence electrons. The minimum absolute atomic E-state index is 0.0711. The minimum Gasteiger partial charge on any atom is -0.339 e. The predicted octanol–water partition coefficient (Wildman–Crippen LogP) is 3.48. The van der Waals surface area contributed by atoms with E-state index in [1.165, 1.54) is 17.8 Å². The Hall–Kier alpha value is -1.92. The third-order valence-electron chi connectivity index (χ3n) is 5.39. The van der Waals surface area contributed by atoms with E-state index in [0.717, 1.165) is 29.1 Å². The van der Waals surface area contributed by atoms with Gasteiger partial charge in [0.1, 0.15) is 5.01 Å². The van der Waals surface area contributed by atoms with Crippen LogP contribution in [0.25, 0.3) is 10.6 Å². The second-order valence-electron chi connectivity index (χ2n) is 7.13. The second kappa shape index (κ2) is 7.98. The Bertz CT molecular complexity index is 841. The van der Waals surface area contributed by atoms with Crippen molar-refractivity contribution in [3.05, 3.63) is 40.4 Å². The number of halogens is 1. The molecule has 2 aromatic rings. The molecular weight excluding hydrogens is 382 g/mol. The first-order chi connectivity index (χ1) is 13.1. The lowest BCUT2D eigenvalue weighted by atomic mass is 9.84. The highest BCUT2D eigenvalue weighted by Gasteiger charge is 2.32. The van der Waals surface area contributed by atoms with Crippen LogP contribution in [-0.2, 0) is 16.0 Å². The summed E-state index contributed by atoms with van der Waals surface area (Å²) in [5.41, 5.74) is 1.67. The first kappa shape index (κ1) is 18.4. The van der Waals surface area contributed by atoms with Gasteiger partial charge in [0.05, 0.1) is 17.1 Å². The molecule has 1 aliphatic carbocycles. The predicted molar refractivity (Wildman–Crippen MR) is 107 cm³/mol. The van der Waals surface area contributed by atoms with Crippen molar-refractivity contribution in [3.8, 4) is 10.6 Å². The lowest BCUT2D eigenvalue weighted by Crippen LogP contribution is -2.52. The summed E-state index contributed by atoms with van der Waals surface area (Å²) in [6.07, 6.45) is 3.50. The highest BCUT2D eigenvalue weighted by atomic mass is 35.5. The Balaban J connectivity index is 1.32. The van der Waals surface area contributed by atoms with E-state index in [1.54, 1.807) is 0 Å². The van der Waals surface area contributed by atoms with Gasteiger partial charge in [0.25, 0.3) is 0 Å². The lowest BCUT2D eigenvalue weighted by molar-refractivity contribution is -0.143. The number of piperazine rings is 1. The van der Waals surface area contributed by atoms with Crippen molar-refractivity contribution < 1.29 is 9.59 Å². The maximum absolute atomic E-state index is 12.6. The fraction of sp³-hybridized carbons (Fsp3) is 0.450. The van der Waals surface area contributed by atoms with E-state index in [9.17, 15) is 9.59 Å². The van der Waals surface area contributed by atoms with Gasteiger partial charge in [-0.15, -0.1) is 11.3 Å². The number of aromatic nitrogens is 1. The first-order valence-corrected chi connectivity index (χ1v) is 10.6. The molecular formula is C20H22ClN3O2S. The average molecular weight is 404 g/mol. The summed E-state index contributed by atoms with van der Waals surface area (Å²) >= 11 is 7.73. The molecule has 1 saturated carbocycles. The van der Waals surface area contributed by atoms with Crippen LogP contribution in [0.5, 0.6) is 0 Å². The summed E-state index contributed by atoms with van der Waals surface area (Å²) in [6.45, 7) is 2.50. The molecule has 1 aliphatic heterocycles. The molecule has 1 aromatic carbocycles. The molecule has 7 heteroatoms. The Morgan fingerprint density at radius 3 is 2.48 bits per heavy atom. The van der Waals surface area contributed by atoms with Gasteiger partial charge in [0.15, 0.2) is 0 Å². The monoisotopic (exact) mass is 403 g/mol. The zero-order valence-corrected chi connectivity index (χ0v) is 16.6. The Morgan fingerprint density at radius 2 is 1.81 bits per heavy atom. The summed E-state index contributed by atoms with van der Waals surface area (Å²) in [5.74, 6) is 0.574. The summed E-state index contributed by atoms with van der Waals surface area (Å²) in [7, 11) is 0. The first-order valence-electron chi connectivity index (χ1n) is 9.37. The van der Waals surface area contributed by atoms with Crippen molar-refractivity contribution in [2.75, 3.05) is 26.2 Å². The summed E-state index contributed by atoms with van der Waals surface area (Å²) in [4.78, 5) is 33.3. The van der Waals surface area contributed by atoms with E-state index in [0.29, 0.717) is 31.2 Å². The van der Waals surface area contributed by atoms with Crippen LogP contribution in [0.4, 0.5) is 0 Å². The largest absolute Gasteiger partial charge is 0.339 e. The third-order valence-corrected chi connectivity index (χ3v) is 6.64. The van der Waals surface area contributed by atoms with Crippen LogP contribution < -0.4 is 0 Å². The van der Waals surface area contributed by atoms with Gasteiger partial charge in [-0.3, -0.25) is 9.59 Å². The van der Waals surface area contributed by atoms with Gasteiger partial charge in [0, 0.05) is 43.0 Å². The fourth-order valence-corrected chi connectivity index (χ4v) is 4.64. The van der Waals surface area contributed by atoms with Gasteiger partial charge >= 0.3 is 0 Å². The van der Waals surface area contributed by atoms with Crippen molar-refractivity contribution in [2.24, 2.45) is 5.92 Å². The number of carbonyl (C=O) groups excluding carboxylic acids is 2. The van der Waals surface area contributed by atoms with Crippen LogP contribution in [0.3, 0.4) is 0 Å². The summed E-state index contributed by atoms with van der Waals surface area (Å²) < 4.78 is 0. The molecule has 2 aliphatic rings. The maximum atomic E-state index is 12.6. The maximum Gasteiger partial charge on any atom is 0.228 e. The van der Waals surface area contributed by atoms with E-state index >= 15 is 0 Å². The number of hydrogen-bond acceptors (Lipinski definition) is 4. The zero-order chi connectivity index (χ0) is 18.8. The number of hydrogen-bond donors (Lipinski definition) is 0. The van der Waals surface area contributed by atoms with Gasteiger partial charge < -0.3 is 9.80 Å². The van der Waals surface area contributed by atoms with Crippen molar-refractivity contribution in [1.82, 2.24) is 14.8 Å². The van der Waals surface area contributed by atoms with Crippen LogP contribution in [0.2, 0.25) is 5.02 Å². The molecule has 1 saturated heterocycles. The van der Waals surface area contributed by atoms with Gasteiger partial charge in [-0.05, 0) is 18.9 Å². The number of rotatable bonds is 4. The number of thiazole rings is 1. The summed E-state index contributed by atoms with van der Waals surface area (Å²) in [5, 5.41) is 3.42. The van der Waals surface area contributed by atoms with Crippen LogP contribution in [0.1, 0.15) is 25.0 Å². The number of carbonyl (C=O) groups is 2. The molecule has 5 nitrogen and oxygen atoms in total. The van der Waals surface area contributed by atoms with Gasteiger partial charge in [0.2, 0.25) is 11.8 Å². The van der Waals surface area contributed by atoms with E-state index < -0.39 is 0 Å². The molecule has 0 radical (unpaired) electrons. The van der Waals surface area contributed by atoms with E-state index in [-0.39, 0.29) is 24.2 Å². The van der Waals surface area contributed by atoms with Crippen molar-refractivity contribution >= 4 is 34.8 Å². The highest BCUT2D eigenvalue weighted by Crippen LogP contribution is 2.30. The highest BCUT2D eigenvalue weighted by molar-refractivity contribution is 7.13. The van der Waals surface area contributed by atoms with E-state index in [1.807, 2.05) is 39.4 Å². The summed E-state index contributed by atoms with van der Waals surface area (Å²) in [6, 6.07) is 7.59. The molecule has 0 atom stereocenters. The topological polar surface area (TPSA) is 53.5 Å². The standard InChI is InChI=1S/C20H22ClN3O2S/c21-17-7-2-1-6-16(17)19-22-15(13-27-19)12-18(25)23-8-10-24(11-9-23)20(26)14-4-3-5-14/h1-2,6-7,13-14H,3-5,8-12H2. The molecule has 27 heavy (non-hydrogen) atoms. The fourth-order valence-electron chi connectivity index (χ4n) is 3.50. The van der Waals surface area contributed by atoms with E-state index in [2.05, 4.69) is 4.98 Å². The van der Waals surface area contributed by atoms with Crippen LogP contribution in [-0.4, -0.2) is 52.8 Å². The molecule has 2 fully saturated rings. The number of benzene rings is 1. The van der Waals surface area contributed by atoms with Gasteiger partial charge in [-0.1, -0.05) is 36.2 Å². The van der Waals surface area contributed by atoms with Crippen LogP contribution in [0.15, 0.2) is 29.6 Å². The molecule has 0 N–H and O–H groups in total. The Kier molecular flexibility index (Phi) is 5.45. The molecule has 0 spiro atoms.